The van der Waals surface area contributed by atoms with Gasteiger partial charge in [-0.05, 0) is 26.0 Å². The van der Waals surface area contributed by atoms with Gasteiger partial charge in [0, 0.05) is 15.8 Å². The van der Waals surface area contributed by atoms with Crippen LogP contribution in [0.5, 0.6) is 0 Å². The Labute approximate surface area is 70.4 Å². The molecular weight excluding hydrogens is 156 g/mol. The number of carbonyl (C=O) groups is 1. The topological polar surface area (TPSA) is 17.1 Å². The number of hydrogen-bond acceptors (Lipinski definition) is 2. The third-order valence-electron chi connectivity index (χ3n) is 1.33. The van der Waals surface area contributed by atoms with Crippen molar-refractivity contribution in [2.75, 3.05) is 0 Å². The van der Waals surface area contributed by atoms with Gasteiger partial charge >= 0.3 is 0 Å². The highest BCUT2D eigenvalue weighted by molar-refractivity contribution is 7.10. The first-order valence-corrected chi connectivity index (χ1v) is 4.34. The highest BCUT2D eigenvalue weighted by Gasteiger charge is 2.01. The lowest BCUT2D eigenvalue weighted by atomic mass is 10.2. The Kier molecular flexibility index (Phi) is 2.60. The second-order valence-corrected chi connectivity index (χ2v) is 3.43. The van der Waals surface area contributed by atoms with Gasteiger partial charge in [0.25, 0.3) is 0 Å². The average molecular weight is 166 g/mol. The number of carbonyl (C=O) groups excluding carboxylic acids is 1. The van der Waals surface area contributed by atoms with E-state index in [0.717, 1.165) is 5.56 Å². The van der Waals surface area contributed by atoms with Gasteiger partial charge in [-0.25, -0.2) is 0 Å². The minimum atomic E-state index is 0.0943. The van der Waals surface area contributed by atoms with E-state index in [1.54, 1.807) is 23.5 Å². The molecule has 2 heteroatoms. The molecule has 0 radical (unpaired) electrons. The summed E-state index contributed by atoms with van der Waals surface area (Å²) in [7, 11) is 0. The van der Waals surface area contributed by atoms with E-state index in [1.165, 1.54) is 4.88 Å². The van der Waals surface area contributed by atoms with Crippen LogP contribution in [0, 0.1) is 6.92 Å². The maximum absolute atomic E-state index is 11.2. The van der Waals surface area contributed by atoms with Gasteiger partial charge in [0.15, 0.2) is 5.78 Å². The molecule has 0 saturated carbocycles. The zero-order valence-electron chi connectivity index (χ0n) is 6.63. The van der Waals surface area contributed by atoms with Crippen molar-refractivity contribution in [2.45, 2.75) is 13.8 Å². The van der Waals surface area contributed by atoms with Gasteiger partial charge in [-0.2, -0.15) is 0 Å². The lowest BCUT2D eigenvalue weighted by molar-refractivity contribution is 0.104. The van der Waals surface area contributed by atoms with Gasteiger partial charge in [-0.15, -0.1) is 11.3 Å². The van der Waals surface area contributed by atoms with E-state index in [9.17, 15) is 4.79 Å². The Bertz CT molecular complexity index is 284. The lowest BCUT2D eigenvalue weighted by Gasteiger charge is -1.84. The summed E-state index contributed by atoms with van der Waals surface area (Å²) in [5.74, 6) is 0.0943. The van der Waals surface area contributed by atoms with Crippen LogP contribution in [0.3, 0.4) is 0 Å². The van der Waals surface area contributed by atoms with E-state index in [4.69, 9.17) is 0 Å². The monoisotopic (exact) mass is 166 g/mol. The first kappa shape index (κ1) is 8.21. The second kappa shape index (κ2) is 3.49. The zero-order valence-corrected chi connectivity index (χ0v) is 7.44. The van der Waals surface area contributed by atoms with Crippen LogP contribution in [-0.4, -0.2) is 5.78 Å². The summed E-state index contributed by atoms with van der Waals surface area (Å²) in [5.41, 5.74) is 0.797. The molecule has 0 unspecified atom stereocenters. The molecule has 1 heterocycles. The second-order valence-electron chi connectivity index (χ2n) is 2.31. The smallest absolute Gasteiger partial charge is 0.186 e. The Balaban J connectivity index is 2.85. The molecule has 0 spiro atoms. The standard InChI is InChI=1S/C9H10OS/c1-3-4-9(10)8-5-7(2)11-6-8/h3-6H,1-2H3/b4-3+. The molecule has 0 aliphatic rings. The van der Waals surface area contributed by atoms with Gasteiger partial charge in [0.2, 0.25) is 0 Å². The van der Waals surface area contributed by atoms with E-state index in [2.05, 4.69) is 0 Å². The fourth-order valence-corrected chi connectivity index (χ4v) is 1.51. The molecular formula is C9H10OS. The van der Waals surface area contributed by atoms with Gasteiger partial charge in [-0.3, -0.25) is 4.79 Å². The van der Waals surface area contributed by atoms with E-state index in [0.29, 0.717) is 0 Å². The fourth-order valence-electron chi connectivity index (χ4n) is 0.820. The molecule has 58 valence electrons. The number of allylic oxidation sites excluding steroid dienone is 2. The molecule has 0 atom stereocenters. The molecule has 0 bridgehead atoms. The summed E-state index contributed by atoms with van der Waals surface area (Å²) < 4.78 is 0. The van der Waals surface area contributed by atoms with Crippen LogP contribution in [0.4, 0.5) is 0 Å². The van der Waals surface area contributed by atoms with Crippen LogP contribution >= 0.6 is 11.3 Å². The molecule has 1 aromatic rings. The first-order valence-electron chi connectivity index (χ1n) is 3.46. The molecule has 0 saturated heterocycles. The minimum Gasteiger partial charge on any atom is -0.289 e. The Hall–Kier alpha value is -0.890. The Morgan fingerprint density at radius 2 is 2.36 bits per heavy atom. The predicted octanol–water partition coefficient (Wildman–Crippen LogP) is 2.82. The third kappa shape index (κ3) is 2.02. The summed E-state index contributed by atoms with van der Waals surface area (Å²) in [4.78, 5) is 12.4. The van der Waals surface area contributed by atoms with Crippen molar-refractivity contribution in [1.82, 2.24) is 0 Å². The molecule has 0 aliphatic carbocycles. The van der Waals surface area contributed by atoms with Crippen LogP contribution in [0.1, 0.15) is 22.2 Å². The van der Waals surface area contributed by atoms with E-state index >= 15 is 0 Å². The third-order valence-corrected chi connectivity index (χ3v) is 2.19. The number of thiophene rings is 1. The van der Waals surface area contributed by atoms with Crippen LogP contribution < -0.4 is 0 Å². The SMILES string of the molecule is C/C=C/C(=O)c1csc(C)c1. The summed E-state index contributed by atoms with van der Waals surface area (Å²) in [6, 6.07) is 1.91. The fraction of sp³-hybridized carbons (Fsp3) is 0.222. The van der Waals surface area contributed by atoms with E-state index in [1.807, 2.05) is 25.3 Å². The number of aryl methyl sites for hydroxylation is 1. The highest BCUT2D eigenvalue weighted by atomic mass is 32.1. The molecule has 0 aliphatic heterocycles. The summed E-state index contributed by atoms with van der Waals surface area (Å²) in [5, 5.41) is 1.89. The summed E-state index contributed by atoms with van der Waals surface area (Å²) >= 11 is 1.60. The van der Waals surface area contributed by atoms with Gasteiger partial charge < -0.3 is 0 Å². The van der Waals surface area contributed by atoms with E-state index < -0.39 is 0 Å². The van der Waals surface area contributed by atoms with Crippen LogP contribution in [0.2, 0.25) is 0 Å². The highest BCUT2D eigenvalue weighted by Crippen LogP contribution is 2.13. The predicted molar refractivity (Wildman–Crippen MR) is 48.2 cm³/mol. The number of hydrogen-bond donors (Lipinski definition) is 0. The Morgan fingerprint density at radius 1 is 1.64 bits per heavy atom. The van der Waals surface area contributed by atoms with Crippen molar-refractivity contribution >= 4 is 17.1 Å². The van der Waals surface area contributed by atoms with Crippen molar-refractivity contribution in [1.29, 1.82) is 0 Å². The van der Waals surface area contributed by atoms with Crippen molar-refractivity contribution in [3.63, 3.8) is 0 Å². The molecule has 0 fully saturated rings. The summed E-state index contributed by atoms with van der Waals surface area (Å²) in [6.07, 6.45) is 3.34. The molecule has 1 nitrogen and oxygen atoms in total. The number of ketones is 1. The molecule has 0 N–H and O–H groups in total. The van der Waals surface area contributed by atoms with Gasteiger partial charge in [-0.1, -0.05) is 6.08 Å². The minimum absolute atomic E-state index is 0.0943. The molecule has 1 aromatic heterocycles. The molecule has 0 amide bonds. The molecule has 0 aromatic carbocycles. The quantitative estimate of drug-likeness (QED) is 0.487. The Morgan fingerprint density at radius 3 is 2.82 bits per heavy atom. The normalized spacial score (nSPS) is 10.7. The van der Waals surface area contributed by atoms with Crippen molar-refractivity contribution in [2.24, 2.45) is 0 Å². The largest absolute Gasteiger partial charge is 0.289 e. The lowest BCUT2D eigenvalue weighted by Crippen LogP contribution is -1.89. The van der Waals surface area contributed by atoms with Crippen molar-refractivity contribution < 1.29 is 4.79 Å². The van der Waals surface area contributed by atoms with Gasteiger partial charge in [0.1, 0.15) is 0 Å². The zero-order chi connectivity index (χ0) is 8.27. The number of rotatable bonds is 2. The van der Waals surface area contributed by atoms with Crippen molar-refractivity contribution in [3.05, 3.63) is 34.0 Å². The van der Waals surface area contributed by atoms with Crippen molar-refractivity contribution in [3.8, 4) is 0 Å². The van der Waals surface area contributed by atoms with E-state index in [-0.39, 0.29) is 5.78 Å². The van der Waals surface area contributed by atoms with Gasteiger partial charge in [0.05, 0.1) is 0 Å². The maximum atomic E-state index is 11.2. The van der Waals surface area contributed by atoms with Crippen LogP contribution in [0.25, 0.3) is 0 Å². The average Bonchev–Trinajstić information content (AvgIpc) is 2.36. The maximum Gasteiger partial charge on any atom is 0.186 e. The molecule has 11 heavy (non-hydrogen) atoms. The van der Waals surface area contributed by atoms with Crippen LogP contribution in [-0.2, 0) is 0 Å². The van der Waals surface area contributed by atoms with Crippen LogP contribution in [0.15, 0.2) is 23.6 Å². The molecule has 1 rings (SSSR count). The summed E-state index contributed by atoms with van der Waals surface area (Å²) in [6.45, 7) is 3.84. The first-order chi connectivity index (χ1) is 5.24.